The van der Waals surface area contributed by atoms with Gasteiger partial charge in [-0.1, -0.05) is 24.6 Å². The van der Waals surface area contributed by atoms with Crippen LogP contribution in [0.4, 0.5) is 5.69 Å². The summed E-state index contributed by atoms with van der Waals surface area (Å²) in [7, 11) is 1.60. The molecule has 2 aromatic rings. The van der Waals surface area contributed by atoms with E-state index in [2.05, 4.69) is 5.32 Å². The first-order chi connectivity index (χ1) is 11.5. The van der Waals surface area contributed by atoms with Gasteiger partial charge in [0, 0.05) is 6.54 Å². The average molecular weight is 350 g/mol. The van der Waals surface area contributed by atoms with Gasteiger partial charge in [0.1, 0.15) is 0 Å². The lowest BCUT2D eigenvalue weighted by Crippen LogP contribution is -2.04. The van der Waals surface area contributed by atoms with Crippen molar-refractivity contribution < 1.29 is 19.4 Å². The molecular formula is C18H20ClNO4. The van der Waals surface area contributed by atoms with E-state index in [1.54, 1.807) is 13.2 Å². The van der Waals surface area contributed by atoms with Crippen LogP contribution >= 0.6 is 11.6 Å². The number of rotatable bonds is 8. The minimum absolute atomic E-state index is 0.183. The zero-order chi connectivity index (χ0) is 17.5. The molecule has 2 rings (SSSR count). The summed E-state index contributed by atoms with van der Waals surface area (Å²) in [6.07, 6.45) is 0.922. The molecule has 0 spiro atoms. The van der Waals surface area contributed by atoms with Gasteiger partial charge in [0.25, 0.3) is 0 Å². The van der Waals surface area contributed by atoms with Crippen LogP contribution < -0.4 is 14.8 Å². The molecule has 5 nitrogen and oxygen atoms in total. The van der Waals surface area contributed by atoms with Gasteiger partial charge in [0.15, 0.2) is 11.5 Å². The highest BCUT2D eigenvalue weighted by molar-refractivity contribution is 6.33. The van der Waals surface area contributed by atoms with Crippen LogP contribution in [0.5, 0.6) is 11.5 Å². The van der Waals surface area contributed by atoms with E-state index in [9.17, 15) is 4.79 Å². The Balaban J connectivity index is 2.12. The lowest BCUT2D eigenvalue weighted by Gasteiger charge is -2.13. The molecule has 0 aliphatic rings. The summed E-state index contributed by atoms with van der Waals surface area (Å²) in [5.74, 6) is 0.371. The normalized spacial score (nSPS) is 10.3. The molecule has 2 aromatic carbocycles. The molecule has 0 saturated heterocycles. The Labute approximate surface area is 146 Å². The Morgan fingerprint density at radius 3 is 2.67 bits per heavy atom. The van der Waals surface area contributed by atoms with Gasteiger partial charge in [-0.3, -0.25) is 0 Å². The molecule has 0 heterocycles. The van der Waals surface area contributed by atoms with E-state index in [0.29, 0.717) is 35.4 Å². The second-order valence-electron chi connectivity index (χ2n) is 5.19. The van der Waals surface area contributed by atoms with E-state index < -0.39 is 5.97 Å². The molecule has 0 unspecified atom stereocenters. The van der Waals surface area contributed by atoms with Gasteiger partial charge < -0.3 is 19.9 Å². The number of carboxylic acid groups (broad SMARTS) is 1. The fraction of sp³-hybridized carbons (Fsp3) is 0.278. The minimum atomic E-state index is -0.992. The molecule has 24 heavy (non-hydrogen) atoms. The third-order valence-electron chi connectivity index (χ3n) is 3.39. The summed E-state index contributed by atoms with van der Waals surface area (Å²) in [5.41, 5.74) is 1.72. The molecule has 0 aliphatic heterocycles. The maximum absolute atomic E-state index is 11.0. The Hall–Kier alpha value is -2.40. The molecule has 0 aliphatic carbocycles. The lowest BCUT2D eigenvalue weighted by molar-refractivity contribution is 0.0697. The van der Waals surface area contributed by atoms with Crippen molar-refractivity contribution >= 4 is 23.3 Å². The molecule has 0 radical (unpaired) electrons. The van der Waals surface area contributed by atoms with Crippen LogP contribution in [0.1, 0.15) is 29.3 Å². The standard InChI is InChI=1S/C18H20ClNO4/c1-3-8-24-16-7-4-12(9-17(16)23-2)11-20-15-10-13(18(21)22)5-6-14(15)19/h4-7,9-10,20H,3,8,11H2,1-2H3,(H,21,22). The molecule has 0 atom stereocenters. The topological polar surface area (TPSA) is 67.8 Å². The minimum Gasteiger partial charge on any atom is -0.493 e. The molecule has 0 aromatic heterocycles. The average Bonchev–Trinajstić information content (AvgIpc) is 2.59. The smallest absolute Gasteiger partial charge is 0.335 e. The number of aromatic carboxylic acids is 1. The number of hydrogen-bond acceptors (Lipinski definition) is 4. The second kappa shape index (κ2) is 8.45. The number of benzene rings is 2. The van der Waals surface area contributed by atoms with Crippen molar-refractivity contribution in [3.8, 4) is 11.5 Å². The molecule has 6 heteroatoms. The molecule has 128 valence electrons. The summed E-state index contributed by atoms with van der Waals surface area (Å²) in [4.78, 5) is 11.0. The van der Waals surface area contributed by atoms with Gasteiger partial charge in [-0.2, -0.15) is 0 Å². The van der Waals surface area contributed by atoms with Crippen LogP contribution in [0.15, 0.2) is 36.4 Å². The summed E-state index contributed by atoms with van der Waals surface area (Å²) in [6.45, 7) is 3.15. The first kappa shape index (κ1) is 17.9. The van der Waals surface area contributed by atoms with E-state index in [0.717, 1.165) is 12.0 Å². The number of carbonyl (C=O) groups is 1. The van der Waals surface area contributed by atoms with Crippen molar-refractivity contribution in [2.75, 3.05) is 19.0 Å². The van der Waals surface area contributed by atoms with Gasteiger partial charge >= 0.3 is 5.97 Å². The zero-order valence-corrected chi connectivity index (χ0v) is 14.4. The van der Waals surface area contributed by atoms with Crippen molar-refractivity contribution in [3.05, 3.63) is 52.5 Å². The quantitative estimate of drug-likeness (QED) is 0.737. The number of anilines is 1. The van der Waals surface area contributed by atoms with Crippen molar-refractivity contribution in [1.82, 2.24) is 0 Å². The number of halogens is 1. The second-order valence-corrected chi connectivity index (χ2v) is 5.59. The number of methoxy groups -OCH3 is 1. The van der Waals surface area contributed by atoms with Crippen LogP contribution in [0.25, 0.3) is 0 Å². The lowest BCUT2D eigenvalue weighted by atomic mass is 10.1. The van der Waals surface area contributed by atoms with Crippen molar-refractivity contribution in [3.63, 3.8) is 0 Å². The molecular weight excluding hydrogens is 330 g/mol. The Bertz CT molecular complexity index is 718. The van der Waals surface area contributed by atoms with Gasteiger partial charge in [-0.05, 0) is 42.3 Å². The SMILES string of the molecule is CCCOc1ccc(CNc2cc(C(=O)O)ccc2Cl)cc1OC. The Kier molecular flexibility index (Phi) is 6.32. The summed E-state index contributed by atoms with van der Waals surface area (Å²) < 4.78 is 11.0. The highest BCUT2D eigenvalue weighted by Gasteiger charge is 2.09. The van der Waals surface area contributed by atoms with Gasteiger partial charge in [0.2, 0.25) is 0 Å². The molecule has 0 amide bonds. The highest BCUT2D eigenvalue weighted by atomic mass is 35.5. The van der Waals surface area contributed by atoms with Crippen molar-refractivity contribution in [2.24, 2.45) is 0 Å². The van der Waals surface area contributed by atoms with E-state index in [4.69, 9.17) is 26.2 Å². The zero-order valence-electron chi connectivity index (χ0n) is 13.6. The number of hydrogen-bond donors (Lipinski definition) is 2. The first-order valence-electron chi connectivity index (χ1n) is 7.61. The third kappa shape index (κ3) is 4.55. The van der Waals surface area contributed by atoms with Gasteiger partial charge in [-0.15, -0.1) is 0 Å². The predicted molar refractivity (Wildman–Crippen MR) is 94.5 cm³/mol. The van der Waals surface area contributed by atoms with E-state index in [1.165, 1.54) is 12.1 Å². The van der Waals surface area contributed by atoms with Crippen molar-refractivity contribution in [2.45, 2.75) is 19.9 Å². The fourth-order valence-electron chi connectivity index (χ4n) is 2.14. The van der Waals surface area contributed by atoms with E-state index in [-0.39, 0.29) is 5.56 Å². The van der Waals surface area contributed by atoms with Crippen LogP contribution in [0, 0.1) is 0 Å². The predicted octanol–water partition coefficient (Wildman–Crippen LogP) is 4.45. The van der Waals surface area contributed by atoms with Crippen LogP contribution in [0.2, 0.25) is 5.02 Å². The van der Waals surface area contributed by atoms with Crippen molar-refractivity contribution in [1.29, 1.82) is 0 Å². The summed E-state index contributed by atoms with van der Waals surface area (Å²) in [6, 6.07) is 10.2. The summed E-state index contributed by atoms with van der Waals surface area (Å²) >= 11 is 6.11. The van der Waals surface area contributed by atoms with E-state index in [1.807, 2.05) is 25.1 Å². The maximum Gasteiger partial charge on any atom is 0.335 e. The molecule has 2 N–H and O–H groups in total. The number of carboxylic acids is 1. The van der Waals surface area contributed by atoms with Gasteiger partial charge in [0.05, 0.1) is 30.0 Å². The largest absolute Gasteiger partial charge is 0.493 e. The number of ether oxygens (including phenoxy) is 2. The Morgan fingerprint density at radius 1 is 1.21 bits per heavy atom. The third-order valence-corrected chi connectivity index (χ3v) is 3.72. The first-order valence-corrected chi connectivity index (χ1v) is 7.99. The molecule has 0 fully saturated rings. The molecule has 0 saturated carbocycles. The Morgan fingerprint density at radius 2 is 2.00 bits per heavy atom. The van der Waals surface area contributed by atoms with E-state index >= 15 is 0 Å². The number of nitrogens with one attached hydrogen (secondary N) is 1. The fourth-order valence-corrected chi connectivity index (χ4v) is 2.33. The molecule has 0 bridgehead atoms. The summed E-state index contributed by atoms with van der Waals surface area (Å²) in [5, 5.41) is 12.7. The highest BCUT2D eigenvalue weighted by Crippen LogP contribution is 2.29. The maximum atomic E-state index is 11.0. The van der Waals surface area contributed by atoms with Gasteiger partial charge in [-0.25, -0.2) is 4.79 Å². The van der Waals surface area contributed by atoms with Crippen LogP contribution in [0.3, 0.4) is 0 Å². The van der Waals surface area contributed by atoms with Crippen LogP contribution in [-0.4, -0.2) is 24.8 Å². The van der Waals surface area contributed by atoms with Crippen LogP contribution in [-0.2, 0) is 6.54 Å². The monoisotopic (exact) mass is 349 g/mol.